The molecule has 42 heavy (non-hydrogen) atoms. The van der Waals surface area contributed by atoms with Crippen molar-refractivity contribution < 1.29 is 9.90 Å². The minimum atomic E-state index is -0.216. The average Bonchev–Trinajstić information content (AvgIpc) is 3.42. The average molecular weight is 592 g/mol. The molecule has 1 saturated carbocycles. The Labute approximate surface area is 254 Å². The van der Waals surface area contributed by atoms with Gasteiger partial charge in [-0.15, -0.1) is 0 Å². The van der Waals surface area contributed by atoms with Crippen molar-refractivity contribution in [3.63, 3.8) is 0 Å². The number of carbonyl (C=O) groups excluding carboxylic acids is 1. The number of nitrogens with one attached hydrogen (secondary N) is 7. The molecule has 5 fully saturated rings. The number of rotatable bonds is 11. The largest absolute Gasteiger partial charge is 0.392 e. The van der Waals surface area contributed by atoms with Crippen molar-refractivity contribution in [2.24, 2.45) is 23.2 Å². The molecular formula is C31H61N9O2. The molecule has 0 aromatic rings. The third-order valence-electron chi connectivity index (χ3n) is 11.1. The maximum Gasteiger partial charge on any atom is 0.223 e. The van der Waals surface area contributed by atoms with E-state index >= 15 is 0 Å². The number of hydrazine groups is 1. The molecule has 8 N–H and O–H groups in total. The smallest absolute Gasteiger partial charge is 0.223 e. The first-order chi connectivity index (χ1) is 20.3. The first-order valence-electron chi connectivity index (χ1n) is 17.2. The topological polar surface area (TPSA) is 128 Å². The zero-order valence-corrected chi connectivity index (χ0v) is 26.6. The fraction of sp³-hybridized carbons (Fsp3) is 0.968. The summed E-state index contributed by atoms with van der Waals surface area (Å²) in [5.74, 6) is 1.66. The summed E-state index contributed by atoms with van der Waals surface area (Å²) in [5.41, 5.74) is 7.18. The van der Waals surface area contributed by atoms with Crippen molar-refractivity contribution in [2.45, 2.75) is 103 Å². The Morgan fingerprint density at radius 2 is 1.86 bits per heavy atom. The standard InChI is InChI=1S/C31H61N9O2/c1-4-22-17-32-11-8-24(22)18-35-30(42)23-6-5-7-25(16-23)34-19-28-37-38-29(26-9-12-33-21-36-26)40(28)15-14-39-13-10-27(41)31(2,3)20-39/h22-29,32-34,36-38,41H,4-21H2,1-3H3,(H,35,42). The van der Waals surface area contributed by atoms with Gasteiger partial charge in [0.25, 0.3) is 0 Å². The molecule has 8 atom stereocenters. The number of aliphatic hydroxyl groups excluding tert-OH is 1. The first kappa shape index (κ1) is 32.5. The maximum absolute atomic E-state index is 13.2. The fourth-order valence-corrected chi connectivity index (χ4v) is 8.15. The van der Waals surface area contributed by atoms with E-state index in [-0.39, 0.29) is 35.7 Å². The molecule has 0 aromatic carbocycles. The molecule has 8 unspecified atom stereocenters. The Bertz CT molecular complexity index is 841. The molecular weight excluding hydrogens is 530 g/mol. The summed E-state index contributed by atoms with van der Waals surface area (Å²) in [5, 5.41) is 28.3. The highest BCUT2D eigenvalue weighted by Crippen LogP contribution is 2.29. The normalized spacial score (nSPS) is 38.4. The Morgan fingerprint density at radius 1 is 1.00 bits per heavy atom. The van der Waals surface area contributed by atoms with Gasteiger partial charge in [0.1, 0.15) is 0 Å². The molecule has 5 aliphatic rings. The number of aliphatic hydroxyl groups is 1. The van der Waals surface area contributed by atoms with Crippen LogP contribution >= 0.6 is 0 Å². The van der Waals surface area contributed by atoms with Crippen LogP contribution in [0, 0.1) is 23.2 Å². The van der Waals surface area contributed by atoms with Gasteiger partial charge < -0.3 is 31.3 Å². The molecule has 1 amide bonds. The Kier molecular flexibility index (Phi) is 11.9. The molecule has 0 aromatic heterocycles. The van der Waals surface area contributed by atoms with Gasteiger partial charge in [0, 0.05) is 69.4 Å². The summed E-state index contributed by atoms with van der Waals surface area (Å²) < 4.78 is 0. The van der Waals surface area contributed by atoms with Crippen LogP contribution in [0.3, 0.4) is 0 Å². The van der Waals surface area contributed by atoms with E-state index in [1.807, 2.05) is 0 Å². The van der Waals surface area contributed by atoms with Gasteiger partial charge in [-0.3, -0.25) is 15.0 Å². The zero-order valence-electron chi connectivity index (χ0n) is 26.6. The van der Waals surface area contributed by atoms with Gasteiger partial charge in [-0.2, -0.15) is 0 Å². The third kappa shape index (κ3) is 8.43. The summed E-state index contributed by atoms with van der Waals surface area (Å²) in [4.78, 5) is 18.3. The molecule has 0 bridgehead atoms. The van der Waals surface area contributed by atoms with E-state index < -0.39 is 0 Å². The van der Waals surface area contributed by atoms with E-state index in [1.54, 1.807) is 0 Å². The molecule has 11 heteroatoms. The lowest BCUT2D eigenvalue weighted by Crippen LogP contribution is -2.60. The molecule has 5 rings (SSSR count). The molecule has 0 radical (unpaired) electrons. The minimum absolute atomic E-state index is 0.0636. The SMILES string of the molecule is CCC1CNCCC1CNC(=O)C1CCCC(NCC2NNC(C3CCNCN3)N2CCN2CCC(O)C(C)(C)C2)C1. The van der Waals surface area contributed by atoms with Crippen LogP contribution in [-0.4, -0.2) is 117 Å². The van der Waals surface area contributed by atoms with E-state index in [0.717, 1.165) is 111 Å². The second-order valence-electron chi connectivity index (χ2n) is 14.5. The number of hydrogen-bond acceptors (Lipinski definition) is 10. The van der Waals surface area contributed by atoms with E-state index in [0.29, 0.717) is 23.9 Å². The van der Waals surface area contributed by atoms with Crippen LogP contribution in [-0.2, 0) is 4.79 Å². The van der Waals surface area contributed by atoms with Crippen molar-refractivity contribution in [1.29, 1.82) is 0 Å². The van der Waals surface area contributed by atoms with Crippen molar-refractivity contribution in [2.75, 3.05) is 65.6 Å². The van der Waals surface area contributed by atoms with Crippen LogP contribution in [0.5, 0.6) is 0 Å². The van der Waals surface area contributed by atoms with Gasteiger partial charge in [0.2, 0.25) is 5.91 Å². The Hall–Kier alpha value is -0.890. The minimum Gasteiger partial charge on any atom is -0.392 e. The molecule has 4 heterocycles. The highest BCUT2D eigenvalue weighted by Gasteiger charge is 2.40. The summed E-state index contributed by atoms with van der Waals surface area (Å²) in [6.07, 6.45) is 8.68. The number of nitrogens with zero attached hydrogens (tertiary/aromatic N) is 2. The van der Waals surface area contributed by atoms with Gasteiger partial charge in [-0.05, 0) is 70.0 Å². The van der Waals surface area contributed by atoms with Crippen molar-refractivity contribution in [3.8, 4) is 0 Å². The highest BCUT2D eigenvalue weighted by atomic mass is 16.3. The van der Waals surface area contributed by atoms with Gasteiger partial charge >= 0.3 is 0 Å². The number of amides is 1. The quantitative estimate of drug-likeness (QED) is 0.166. The number of carbonyl (C=O) groups is 1. The summed E-state index contributed by atoms with van der Waals surface area (Å²) >= 11 is 0. The van der Waals surface area contributed by atoms with Gasteiger partial charge in [0.15, 0.2) is 0 Å². The first-order valence-corrected chi connectivity index (χ1v) is 17.2. The van der Waals surface area contributed by atoms with Gasteiger partial charge in [0.05, 0.1) is 18.4 Å². The molecule has 4 aliphatic heterocycles. The van der Waals surface area contributed by atoms with E-state index in [1.165, 1.54) is 6.42 Å². The lowest BCUT2D eigenvalue weighted by Gasteiger charge is -2.43. The van der Waals surface area contributed by atoms with E-state index in [9.17, 15) is 9.90 Å². The number of piperidine rings is 2. The van der Waals surface area contributed by atoms with Gasteiger partial charge in [-0.1, -0.05) is 33.6 Å². The van der Waals surface area contributed by atoms with E-state index in [2.05, 4.69) is 68.0 Å². The summed E-state index contributed by atoms with van der Waals surface area (Å²) in [6, 6.07) is 0.763. The lowest BCUT2D eigenvalue weighted by atomic mass is 9.81. The van der Waals surface area contributed by atoms with Gasteiger partial charge in [-0.25, -0.2) is 10.9 Å². The molecule has 11 nitrogen and oxygen atoms in total. The van der Waals surface area contributed by atoms with Crippen LogP contribution in [0.25, 0.3) is 0 Å². The maximum atomic E-state index is 13.2. The molecule has 4 saturated heterocycles. The van der Waals surface area contributed by atoms with Crippen molar-refractivity contribution >= 4 is 5.91 Å². The predicted octanol–water partition coefficient (Wildman–Crippen LogP) is -0.0495. The van der Waals surface area contributed by atoms with Crippen LogP contribution in [0.15, 0.2) is 0 Å². The lowest BCUT2D eigenvalue weighted by molar-refractivity contribution is -0.126. The highest BCUT2D eigenvalue weighted by molar-refractivity contribution is 5.78. The third-order valence-corrected chi connectivity index (χ3v) is 11.1. The summed E-state index contributed by atoms with van der Waals surface area (Å²) in [6.45, 7) is 16.2. The second-order valence-corrected chi connectivity index (χ2v) is 14.5. The Balaban J connectivity index is 1.12. The molecule has 1 aliphatic carbocycles. The van der Waals surface area contributed by atoms with E-state index in [4.69, 9.17) is 0 Å². The van der Waals surface area contributed by atoms with Crippen molar-refractivity contribution in [3.05, 3.63) is 0 Å². The number of likely N-dealkylation sites (tertiary alicyclic amines) is 1. The molecule has 0 spiro atoms. The predicted molar refractivity (Wildman–Crippen MR) is 167 cm³/mol. The van der Waals surface area contributed by atoms with Crippen LogP contribution < -0.4 is 37.4 Å². The summed E-state index contributed by atoms with van der Waals surface area (Å²) in [7, 11) is 0. The monoisotopic (exact) mass is 591 g/mol. The van der Waals surface area contributed by atoms with Crippen molar-refractivity contribution in [1.82, 2.24) is 47.2 Å². The zero-order chi connectivity index (χ0) is 29.5. The Morgan fingerprint density at radius 3 is 2.64 bits per heavy atom. The van der Waals surface area contributed by atoms with Crippen LogP contribution in [0.4, 0.5) is 0 Å². The number of hydrogen-bond donors (Lipinski definition) is 8. The van der Waals surface area contributed by atoms with Crippen LogP contribution in [0.1, 0.15) is 72.1 Å². The van der Waals surface area contributed by atoms with Crippen LogP contribution in [0.2, 0.25) is 0 Å². The fourth-order valence-electron chi connectivity index (χ4n) is 8.15. The molecule has 242 valence electrons. The second kappa shape index (κ2) is 15.4.